The fraction of sp³-hybridized carbons (Fsp3) is 0.360. The van der Waals surface area contributed by atoms with Gasteiger partial charge in [-0.15, -0.1) is 0 Å². The highest BCUT2D eigenvalue weighted by Gasteiger charge is 2.32. The van der Waals surface area contributed by atoms with Crippen LogP contribution in [-0.2, 0) is 6.54 Å². The summed E-state index contributed by atoms with van der Waals surface area (Å²) in [6.07, 6.45) is 1.74. The Morgan fingerprint density at radius 1 is 1.18 bits per heavy atom. The number of carbonyl (C=O) groups is 2. The molecule has 2 atom stereocenters. The van der Waals surface area contributed by atoms with Gasteiger partial charge in [0.2, 0.25) is 5.95 Å². The Balaban J connectivity index is 1.50. The number of para-hydroxylation sites is 2. The van der Waals surface area contributed by atoms with E-state index in [0.29, 0.717) is 17.3 Å². The normalized spacial score (nSPS) is 17.7. The van der Waals surface area contributed by atoms with E-state index in [0.717, 1.165) is 42.4 Å². The van der Waals surface area contributed by atoms with E-state index < -0.39 is 0 Å². The third-order valence-electron chi connectivity index (χ3n) is 6.52. The first-order valence-electron chi connectivity index (χ1n) is 11.8. The maximum absolute atomic E-state index is 13.3. The molecule has 0 radical (unpaired) electrons. The van der Waals surface area contributed by atoms with E-state index in [9.17, 15) is 9.59 Å². The zero-order chi connectivity index (χ0) is 23.8. The van der Waals surface area contributed by atoms with Gasteiger partial charge in [0.1, 0.15) is 17.0 Å². The van der Waals surface area contributed by atoms with Crippen molar-refractivity contribution in [2.75, 3.05) is 18.9 Å². The van der Waals surface area contributed by atoms with Crippen molar-refractivity contribution in [1.29, 1.82) is 0 Å². The predicted molar refractivity (Wildman–Crippen MR) is 132 cm³/mol. The number of fused-ring (bicyclic) bond motifs is 4. The number of pyridine rings is 1. The molecule has 0 saturated carbocycles. The average molecular weight is 460 g/mol. The Labute approximate surface area is 197 Å². The highest BCUT2D eigenvalue weighted by atomic mass is 16.2. The van der Waals surface area contributed by atoms with Gasteiger partial charge in [-0.1, -0.05) is 19.1 Å². The van der Waals surface area contributed by atoms with Crippen LogP contribution in [-0.4, -0.2) is 50.6 Å². The average Bonchev–Trinajstić information content (AvgIpc) is 3.38. The Kier molecular flexibility index (Phi) is 5.79. The number of amides is 2. The Hall–Kier alpha value is -3.72. The van der Waals surface area contributed by atoms with Crippen molar-refractivity contribution in [3.05, 3.63) is 53.9 Å². The molecule has 4 aromatic rings. The number of nitrogens with zero attached hydrogens (tertiary/aromatic N) is 4. The number of hydrogen-bond donors (Lipinski definition) is 3. The zero-order valence-corrected chi connectivity index (χ0v) is 19.6. The molecule has 9 heteroatoms. The number of nitrogens with one attached hydrogen (secondary N) is 3. The highest BCUT2D eigenvalue weighted by Crippen LogP contribution is 2.30. The molecule has 4 heterocycles. The van der Waals surface area contributed by atoms with Crippen LogP contribution in [0, 0.1) is 0 Å². The van der Waals surface area contributed by atoms with Gasteiger partial charge in [0.25, 0.3) is 11.8 Å². The number of imidazole rings is 1. The van der Waals surface area contributed by atoms with Crippen LogP contribution in [0.4, 0.5) is 5.95 Å². The van der Waals surface area contributed by atoms with Gasteiger partial charge in [-0.25, -0.2) is 9.97 Å². The molecule has 1 aliphatic heterocycles. The molecule has 2 unspecified atom stereocenters. The van der Waals surface area contributed by atoms with Crippen LogP contribution in [0.1, 0.15) is 53.7 Å². The lowest BCUT2D eigenvalue weighted by atomic mass is 10.0. The number of benzene rings is 1. The van der Waals surface area contributed by atoms with Crippen molar-refractivity contribution >= 4 is 39.8 Å². The molecule has 5 rings (SSSR count). The molecule has 3 aromatic heterocycles. The van der Waals surface area contributed by atoms with Gasteiger partial charge in [-0.2, -0.15) is 0 Å². The Morgan fingerprint density at radius 3 is 2.79 bits per heavy atom. The number of carbonyl (C=O) groups excluding carboxylic acids is 2. The summed E-state index contributed by atoms with van der Waals surface area (Å²) >= 11 is 0. The third-order valence-corrected chi connectivity index (χ3v) is 6.52. The summed E-state index contributed by atoms with van der Waals surface area (Å²) in [5.74, 6) is 0.0568. The minimum Gasteiger partial charge on any atom is -0.346 e. The van der Waals surface area contributed by atoms with Gasteiger partial charge in [0, 0.05) is 18.0 Å². The van der Waals surface area contributed by atoms with Gasteiger partial charge in [-0.05, 0) is 63.7 Å². The summed E-state index contributed by atoms with van der Waals surface area (Å²) < 4.78 is 4.00. The van der Waals surface area contributed by atoms with Crippen LogP contribution in [0.3, 0.4) is 0 Å². The Bertz CT molecular complexity index is 1390. The van der Waals surface area contributed by atoms with Crippen LogP contribution in [0.2, 0.25) is 0 Å². The molecule has 0 saturated heterocycles. The monoisotopic (exact) mass is 459 g/mol. The molecule has 0 fully saturated rings. The van der Waals surface area contributed by atoms with Crippen molar-refractivity contribution in [1.82, 2.24) is 29.7 Å². The van der Waals surface area contributed by atoms with E-state index in [1.165, 1.54) is 0 Å². The molecule has 2 amide bonds. The van der Waals surface area contributed by atoms with Crippen LogP contribution in [0.5, 0.6) is 0 Å². The molecule has 9 nitrogen and oxygen atoms in total. The number of anilines is 1. The summed E-state index contributed by atoms with van der Waals surface area (Å²) in [6.45, 7) is 5.67. The van der Waals surface area contributed by atoms with Gasteiger partial charge >= 0.3 is 0 Å². The first-order chi connectivity index (χ1) is 16.5. The maximum atomic E-state index is 13.3. The lowest BCUT2D eigenvalue weighted by Crippen LogP contribution is -2.45. The van der Waals surface area contributed by atoms with Crippen LogP contribution in [0.25, 0.3) is 22.1 Å². The molecule has 0 bridgehead atoms. The smallest absolute Gasteiger partial charge is 0.276 e. The standard InChI is InChI=1S/C25H29N7O2/c1-4-19-15(2)27-24(34)21-14-16-10-11-18(28-22(16)32(19)21)23(33)30-25-29-17-8-5-6-9-20(17)31(25)13-7-12-26-3/h5-6,8-11,14-15,19,26H,4,7,12-13H2,1-3H3,(H,27,34)(H,29,30,33). The van der Waals surface area contributed by atoms with Crippen molar-refractivity contribution in [3.8, 4) is 0 Å². The lowest BCUT2D eigenvalue weighted by molar-refractivity contribution is 0.0885. The minimum absolute atomic E-state index is 0.0163. The van der Waals surface area contributed by atoms with Gasteiger partial charge in [0.05, 0.1) is 17.1 Å². The molecular formula is C25H29N7O2. The summed E-state index contributed by atoms with van der Waals surface area (Å²) in [6, 6.07) is 13.3. The SMILES string of the molecule is CCC1C(C)NC(=O)c2cc3ccc(C(=O)Nc4nc5ccccc5n4CCCNC)nc3n21. The van der Waals surface area contributed by atoms with E-state index in [4.69, 9.17) is 4.98 Å². The molecule has 3 N–H and O–H groups in total. The van der Waals surface area contributed by atoms with Crippen LogP contribution in [0.15, 0.2) is 42.5 Å². The van der Waals surface area contributed by atoms with E-state index in [1.807, 2.05) is 59.5 Å². The quantitative estimate of drug-likeness (QED) is 0.368. The van der Waals surface area contributed by atoms with Crippen molar-refractivity contribution < 1.29 is 9.59 Å². The first-order valence-corrected chi connectivity index (χ1v) is 11.8. The van der Waals surface area contributed by atoms with Gasteiger partial charge < -0.3 is 19.8 Å². The van der Waals surface area contributed by atoms with E-state index >= 15 is 0 Å². The Morgan fingerprint density at radius 2 is 2.00 bits per heavy atom. The molecule has 176 valence electrons. The van der Waals surface area contributed by atoms with Crippen LogP contribution < -0.4 is 16.0 Å². The second-order valence-electron chi connectivity index (χ2n) is 8.73. The van der Waals surface area contributed by atoms with E-state index in [-0.39, 0.29) is 29.6 Å². The molecule has 0 aliphatic carbocycles. The molecule has 1 aliphatic rings. The number of aromatic nitrogens is 4. The zero-order valence-electron chi connectivity index (χ0n) is 19.6. The van der Waals surface area contributed by atoms with Crippen molar-refractivity contribution in [3.63, 3.8) is 0 Å². The van der Waals surface area contributed by atoms with E-state index in [1.54, 1.807) is 6.07 Å². The lowest BCUT2D eigenvalue weighted by Gasteiger charge is -2.32. The summed E-state index contributed by atoms with van der Waals surface area (Å²) in [5.41, 5.74) is 3.33. The van der Waals surface area contributed by atoms with Gasteiger partial charge in [0.15, 0.2) is 0 Å². The second kappa shape index (κ2) is 8.90. The summed E-state index contributed by atoms with van der Waals surface area (Å²) in [7, 11) is 1.92. The molecule has 1 aromatic carbocycles. The fourth-order valence-electron chi connectivity index (χ4n) is 4.85. The largest absolute Gasteiger partial charge is 0.346 e. The van der Waals surface area contributed by atoms with Crippen molar-refractivity contribution in [2.24, 2.45) is 0 Å². The molecular weight excluding hydrogens is 430 g/mol. The third kappa shape index (κ3) is 3.71. The number of hydrogen-bond acceptors (Lipinski definition) is 5. The van der Waals surface area contributed by atoms with Crippen LogP contribution >= 0.6 is 0 Å². The topological polar surface area (TPSA) is 106 Å². The van der Waals surface area contributed by atoms with Crippen molar-refractivity contribution in [2.45, 2.75) is 45.3 Å². The number of aryl methyl sites for hydroxylation is 1. The first kappa shape index (κ1) is 22.1. The summed E-state index contributed by atoms with van der Waals surface area (Å²) in [5, 5.41) is 9.99. The minimum atomic E-state index is -0.330. The molecule has 34 heavy (non-hydrogen) atoms. The summed E-state index contributed by atoms with van der Waals surface area (Å²) in [4.78, 5) is 35.2. The molecule has 0 spiro atoms. The second-order valence-corrected chi connectivity index (χ2v) is 8.73. The maximum Gasteiger partial charge on any atom is 0.276 e. The highest BCUT2D eigenvalue weighted by molar-refractivity contribution is 6.05. The fourth-order valence-corrected chi connectivity index (χ4v) is 4.85. The van der Waals surface area contributed by atoms with Gasteiger partial charge in [-0.3, -0.25) is 14.9 Å². The predicted octanol–water partition coefficient (Wildman–Crippen LogP) is 3.33. The number of rotatable bonds is 7. The van der Waals surface area contributed by atoms with E-state index in [2.05, 4.69) is 27.9 Å².